The Morgan fingerprint density at radius 2 is 1.84 bits per heavy atom. The largest absolute Gasteiger partial charge is 0.298 e. The van der Waals surface area contributed by atoms with E-state index in [1.165, 1.54) is 6.07 Å². The monoisotopic (exact) mass is 428 g/mol. The predicted octanol–water partition coefficient (Wildman–Crippen LogP) is 3.99. The highest BCUT2D eigenvalue weighted by Crippen LogP contribution is 2.22. The van der Waals surface area contributed by atoms with Gasteiger partial charge in [0, 0.05) is 38.8 Å². The minimum atomic E-state index is -0.213. The van der Waals surface area contributed by atoms with Gasteiger partial charge in [-0.2, -0.15) is 5.10 Å². The number of nitrogens with zero attached hydrogens (tertiary/aromatic N) is 4. The lowest BCUT2D eigenvalue weighted by atomic mass is 10.2. The van der Waals surface area contributed by atoms with Crippen molar-refractivity contribution in [2.45, 2.75) is 26.4 Å². The summed E-state index contributed by atoms with van der Waals surface area (Å²) in [6.45, 7) is 7.78. The molecule has 2 heterocycles. The second-order valence-electron chi connectivity index (χ2n) is 6.63. The zero-order valence-corrected chi connectivity index (χ0v) is 16.9. The van der Waals surface area contributed by atoms with Gasteiger partial charge in [0.05, 0.1) is 10.2 Å². The minimum absolute atomic E-state index is 0.213. The van der Waals surface area contributed by atoms with Gasteiger partial charge in [0.15, 0.2) is 0 Å². The smallest absolute Gasteiger partial charge is 0.137 e. The highest BCUT2D eigenvalue weighted by atomic mass is 79.9. The third-order valence-electron chi connectivity index (χ3n) is 4.72. The zero-order chi connectivity index (χ0) is 18.0. The number of halogens is 3. The van der Waals surface area contributed by atoms with E-state index in [4.69, 9.17) is 11.6 Å². The second-order valence-corrected chi connectivity index (χ2v) is 7.85. The van der Waals surface area contributed by atoms with Gasteiger partial charge < -0.3 is 0 Å². The molecule has 0 aliphatic carbocycles. The summed E-state index contributed by atoms with van der Waals surface area (Å²) in [5.41, 5.74) is 3.26. The molecule has 3 rings (SSSR count). The van der Waals surface area contributed by atoms with Crippen LogP contribution in [0.3, 0.4) is 0 Å². The first kappa shape index (κ1) is 18.8. The second kappa shape index (κ2) is 8.16. The van der Waals surface area contributed by atoms with Crippen molar-refractivity contribution in [3.63, 3.8) is 0 Å². The van der Waals surface area contributed by atoms with Crippen molar-refractivity contribution in [3.8, 4) is 0 Å². The number of aromatic nitrogens is 2. The van der Waals surface area contributed by atoms with E-state index in [0.717, 1.165) is 67.7 Å². The molecule has 0 unspecified atom stereocenters. The molecule has 1 aliphatic heterocycles. The van der Waals surface area contributed by atoms with Crippen LogP contribution in [0.2, 0.25) is 5.15 Å². The van der Waals surface area contributed by atoms with Crippen LogP contribution in [0, 0.1) is 12.7 Å². The van der Waals surface area contributed by atoms with Gasteiger partial charge in [-0.3, -0.25) is 14.5 Å². The Kier molecular flexibility index (Phi) is 6.15. The SMILES string of the molecule is Cc1nn(C)c(Cl)c1CN1CCCN(Cc2ccc(F)c(Br)c2)CC1. The van der Waals surface area contributed by atoms with Gasteiger partial charge in [0.25, 0.3) is 0 Å². The third-order valence-corrected chi connectivity index (χ3v) is 5.80. The van der Waals surface area contributed by atoms with Crippen LogP contribution in [0.15, 0.2) is 22.7 Å². The van der Waals surface area contributed by atoms with E-state index in [-0.39, 0.29) is 5.82 Å². The molecule has 4 nitrogen and oxygen atoms in total. The normalized spacial score (nSPS) is 17.0. The van der Waals surface area contributed by atoms with Crippen LogP contribution in [0.1, 0.15) is 23.2 Å². The van der Waals surface area contributed by atoms with E-state index in [1.807, 2.05) is 26.1 Å². The lowest BCUT2D eigenvalue weighted by Gasteiger charge is -2.22. The summed E-state index contributed by atoms with van der Waals surface area (Å²) < 4.78 is 15.7. The quantitative estimate of drug-likeness (QED) is 0.734. The number of benzene rings is 1. The molecule has 1 fully saturated rings. The van der Waals surface area contributed by atoms with Gasteiger partial charge in [-0.1, -0.05) is 17.7 Å². The molecule has 0 bridgehead atoms. The van der Waals surface area contributed by atoms with Gasteiger partial charge in [-0.15, -0.1) is 0 Å². The van der Waals surface area contributed by atoms with Gasteiger partial charge in [0.1, 0.15) is 11.0 Å². The maximum Gasteiger partial charge on any atom is 0.137 e. The first-order valence-electron chi connectivity index (χ1n) is 8.50. The van der Waals surface area contributed by atoms with Gasteiger partial charge >= 0.3 is 0 Å². The van der Waals surface area contributed by atoms with Crippen molar-refractivity contribution in [1.29, 1.82) is 0 Å². The van der Waals surface area contributed by atoms with Crippen LogP contribution in [0.5, 0.6) is 0 Å². The molecule has 25 heavy (non-hydrogen) atoms. The molecule has 0 radical (unpaired) electrons. The van der Waals surface area contributed by atoms with E-state index in [1.54, 1.807) is 4.68 Å². The molecule has 136 valence electrons. The maximum absolute atomic E-state index is 13.4. The van der Waals surface area contributed by atoms with Crippen LogP contribution < -0.4 is 0 Å². The Labute approximate surface area is 161 Å². The van der Waals surface area contributed by atoms with Crippen molar-refractivity contribution >= 4 is 27.5 Å². The third kappa shape index (κ3) is 4.61. The summed E-state index contributed by atoms with van der Waals surface area (Å²) in [6.07, 6.45) is 1.11. The highest BCUT2D eigenvalue weighted by Gasteiger charge is 2.19. The fraction of sp³-hybridized carbons (Fsp3) is 0.500. The van der Waals surface area contributed by atoms with Crippen molar-refractivity contribution in [1.82, 2.24) is 19.6 Å². The fourth-order valence-corrected chi connectivity index (χ4v) is 3.97. The highest BCUT2D eigenvalue weighted by molar-refractivity contribution is 9.10. The van der Waals surface area contributed by atoms with E-state index in [0.29, 0.717) is 4.47 Å². The Morgan fingerprint density at radius 3 is 2.44 bits per heavy atom. The molecular weight excluding hydrogens is 407 g/mol. The van der Waals surface area contributed by atoms with Gasteiger partial charge in [-0.25, -0.2) is 4.39 Å². The fourth-order valence-electron chi connectivity index (χ4n) is 3.31. The van der Waals surface area contributed by atoms with Crippen molar-refractivity contribution in [2.75, 3.05) is 26.2 Å². The molecule has 0 spiro atoms. The van der Waals surface area contributed by atoms with Crippen LogP contribution in [0.4, 0.5) is 4.39 Å². The van der Waals surface area contributed by atoms with Crippen LogP contribution in [-0.2, 0) is 20.1 Å². The average molecular weight is 430 g/mol. The number of hydrogen-bond acceptors (Lipinski definition) is 3. The molecule has 1 saturated heterocycles. The Bertz CT molecular complexity index is 749. The van der Waals surface area contributed by atoms with Crippen LogP contribution in [-0.4, -0.2) is 45.8 Å². The van der Waals surface area contributed by atoms with Crippen LogP contribution in [0.25, 0.3) is 0 Å². The van der Waals surface area contributed by atoms with E-state index in [2.05, 4.69) is 30.8 Å². The van der Waals surface area contributed by atoms with E-state index < -0.39 is 0 Å². The van der Waals surface area contributed by atoms with Gasteiger partial charge in [0.2, 0.25) is 0 Å². The van der Waals surface area contributed by atoms with Crippen molar-refractivity contribution in [3.05, 3.63) is 50.5 Å². The Balaban J connectivity index is 1.59. The molecule has 0 amide bonds. The first-order chi connectivity index (χ1) is 11.9. The molecule has 2 aromatic rings. The number of aryl methyl sites for hydroxylation is 2. The zero-order valence-electron chi connectivity index (χ0n) is 14.6. The topological polar surface area (TPSA) is 24.3 Å². The molecule has 1 aliphatic rings. The number of rotatable bonds is 4. The summed E-state index contributed by atoms with van der Waals surface area (Å²) >= 11 is 9.63. The summed E-state index contributed by atoms with van der Waals surface area (Å²) in [4.78, 5) is 4.87. The van der Waals surface area contributed by atoms with E-state index in [9.17, 15) is 4.39 Å². The Morgan fingerprint density at radius 1 is 1.16 bits per heavy atom. The van der Waals surface area contributed by atoms with Gasteiger partial charge in [-0.05, 0) is 60.1 Å². The molecule has 0 atom stereocenters. The van der Waals surface area contributed by atoms with E-state index >= 15 is 0 Å². The summed E-state index contributed by atoms with van der Waals surface area (Å²) in [6, 6.07) is 5.26. The summed E-state index contributed by atoms with van der Waals surface area (Å²) in [5, 5.41) is 5.13. The van der Waals surface area contributed by atoms with Crippen LogP contribution >= 0.6 is 27.5 Å². The molecule has 0 saturated carbocycles. The van der Waals surface area contributed by atoms with Crippen molar-refractivity contribution in [2.24, 2.45) is 7.05 Å². The number of hydrogen-bond donors (Lipinski definition) is 0. The molecule has 7 heteroatoms. The summed E-state index contributed by atoms with van der Waals surface area (Å²) in [5.74, 6) is -0.213. The lowest BCUT2D eigenvalue weighted by molar-refractivity contribution is 0.247. The predicted molar refractivity (Wildman–Crippen MR) is 102 cm³/mol. The molecular formula is C18H23BrClFN4. The minimum Gasteiger partial charge on any atom is -0.298 e. The standard InChI is InChI=1S/C18H23BrClFN4/c1-13-15(18(20)23(2)22-13)12-25-7-3-6-24(8-9-25)11-14-4-5-17(21)16(19)10-14/h4-5,10H,3,6-9,11-12H2,1-2H3. The summed E-state index contributed by atoms with van der Waals surface area (Å²) in [7, 11) is 1.88. The maximum atomic E-state index is 13.4. The molecule has 1 aromatic heterocycles. The first-order valence-corrected chi connectivity index (χ1v) is 9.67. The Hall–Kier alpha value is -0.950. The average Bonchev–Trinajstić information content (AvgIpc) is 2.74. The molecule has 0 N–H and O–H groups in total. The molecule has 1 aromatic carbocycles. The van der Waals surface area contributed by atoms with Crippen molar-refractivity contribution < 1.29 is 4.39 Å². The lowest BCUT2D eigenvalue weighted by Crippen LogP contribution is -2.30.